The zero-order valence-electron chi connectivity index (χ0n) is 7.26. The average molecular weight is 142 g/mol. The van der Waals surface area contributed by atoms with Gasteiger partial charge in [0.15, 0.2) is 0 Å². The Morgan fingerprint density at radius 2 is 2.00 bits per heavy atom. The maximum atomic E-state index is 5.75. The van der Waals surface area contributed by atoms with Crippen LogP contribution in [-0.2, 0) is 4.74 Å². The molecule has 2 atom stereocenters. The standard InChI is InChI=1S/C9H18O/c1-7(2)9-6-4-5-8(3)10-9/h7-9H,4-6H2,1-3H3/t8-,9?/m1/s1. The van der Waals surface area contributed by atoms with Crippen molar-refractivity contribution in [3.05, 3.63) is 0 Å². The first kappa shape index (κ1) is 8.06. The average Bonchev–Trinajstić information content (AvgIpc) is 1.88. The Bertz CT molecular complexity index is 98.9. The van der Waals surface area contributed by atoms with Gasteiger partial charge in [-0.25, -0.2) is 0 Å². The van der Waals surface area contributed by atoms with Crippen molar-refractivity contribution in [1.29, 1.82) is 0 Å². The van der Waals surface area contributed by atoms with Gasteiger partial charge in [-0.05, 0) is 32.1 Å². The molecule has 0 saturated carbocycles. The minimum atomic E-state index is 0.501. The second kappa shape index (κ2) is 3.38. The lowest BCUT2D eigenvalue weighted by molar-refractivity contribution is -0.0616. The number of rotatable bonds is 1. The highest BCUT2D eigenvalue weighted by molar-refractivity contribution is 4.70. The molecular weight excluding hydrogens is 124 g/mol. The first-order valence-corrected chi connectivity index (χ1v) is 4.35. The van der Waals surface area contributed by atoms with Gasteiger partial charge in [0.25, 0.3) is 0 Å². The van der Waals surface area contributed by atoms with Gasteiger partial charge in [0.1, 0.15) is 0 Å². The molecule has 1 aliphatic heterocycles. The van der Waals surface area contributed by atoms with Crippen molar-refractivity contribution in [1.82, 2.24) is 0 Å². The minimum Gasteiger partial charge on any atom is -0.375 e. The number of hydrogen-bond donors (Lipinski definition) is 0. The van der Waals surface area contributed by atoms with Crippen LogP contribution >= 0.6 is 0 Å². The van der Waals surface area contributed by atoms with Crippen LogP contribution in [0.3, 0.4) is 0 Å². The van der Waals surface area contributed by atoms with E-state index in [1.807, 2.05) is 0 Å². The SMILES string of the molecule is CC(C)C1CCC[C@@H](C)O1. The van der Waals surface area contributed by atoms with Gasteiger partial charge in [-0.2, -0.15) is 0 Å². The van der Waals surface area contributed by atoms with E-state index in [2.05, 4.69) is 20.8 Å². The highest BCUT2D eigenvalue weighted by atomic mass is 16.5. The van der Waals surface area contributed by atoms with Gasteiger partial charge in [0.2, 0.25) is 0 Å². The summed E-state index contributed by atoms with van der Waals surface area (Å²) in [6, 6.07) is 0. The Labute approximate surface area is 63.8 Å². The van der Waals surface area contributed by atoms with E-state index in [1.165, 1.54) is 19.3 Å². The first-order valence-electron chi connectivity index (χ1n) is 4.35. The van der Waals surface area contributed by atoms with Gasteiger partial charge in [-0.3, -0.25) is 0 Å². The third kappa shape index (κ3) is 1.98. The first-order chi connectivity index (χ1) is 4.70. The fraction of sp³-hybridized carbons (Fsp3) is 1.00. The summed E-state index contributed by atoms with van der Waals surface area (Å²) in [6.07, 6.45) is 4.90. The van der Waals surface area contributed by atoms with Crippen LogP contribution in [0.5, 0.6) is 0 Å². The summed E-state index contributed by atoms with van der Waals surface area (Å²) in [5, 5.41) is 0. The highest BCUT2D eigenvalue weighted by Gasteiger charge is 2.21. The smallest absolute Gasteiger partial charge is 0.0601 e. The molecule has 1 heterocycles. The molecular formula is C9H18O. The Hall–Kier alpha value is -0.0400. The third-order valence-corrected chi connectivity index (χ3v) is 2.25. The lowest BCUT2D eigenvalue weighted by atomic mass is 9.97. The Morgan fingerprint density at radius 3 is 2.40 bits per heavy atom. The summed E-state index contributed by atoms with van der Waals surface area (Å²) < 4.78 is 5.75. The zero-order chi connectivity index (χ0) is 7.56. The van der Waals surface area contributed by atoms with E-state index in [0.29, 0.717) is 18.1 Å². The molecule has 0 radical (unpaired) electrons. The molecule has 1 unspecified atom stereocenters. The second-order valence-corrected chi connectivity index (χ2v) is 3.66. The summed E-state index contributed by atoms with van der Waals surface area (Å²) >= 11 is 0. The number of hydrogen-bond acceptors (Lipinski definition) is 1. The maximum absolute atomic E-state index is 5.75. The molecule has 0 bridgehead atoms. The van der Waals surface area contributed by atoms with Crippen molar-refractivity contribution in [3.8, 4) is 0 Å². The van der Waals surface area contributed by atoms with E-state index in [1.54, 1.807) is 0 Å². The molecule has 0 aromatic carbocycles. The van der Waals surface area contributed by atoms with Crippen molar-refractivity contribution in [2.24, 2.45) is 5.92 Å². The van der Waals surface area contributed by atoms with Crippen molar-refractivity contribution in [3.63, 3.8) is 0 Å². The van der Waals surface area contributed by atoms with Gasteiger partial charge in [0.05, 0.1) is 12.2 Å². The summed E-state index contributed by atoms with van der Waals surface area (Å²) in [7, 11) is 0. The fourth-order valence-corrected chi connectivity index (χ4v) is 1.53. The molecule has 0 amide bonds. The van der Waals surface area contributed by atoms with Crippen LogP contribution in [0, 0.1) is 5.92 Å². The topological polar surface area (TPSA) is 9.23 Å². The van der Waals surface area contributed by atoms with Gasteiger partial charge in [-0.1, -0.05) is 13.8 Å². The van der Waals surface area contributed by atoms with E-state index >= 15 is 0 Å². The van der Waals surface area contributed by atoms with Gasteiger partial charge < -0.3 is 4.74 Å². The lowest BCUT2D eigenvalue weighted by Crippen LogP contribution is -2.29. The lowest BCUT2D eigenvalue weighted by Gasteiger charge is -2.30. The van der Waals surface area contributed by atoms with Crippen molar-refractivity contribution < 1.29 is 4.74 Å². The molecule has 0 aromatic rings. The Balaban J connectivity index is 2.32. The third-order valence-electron chi connectivity index (χ3n) is 2.25. The van der Waals surface area contributed by atoms with Crippen LogP contribution < -0.4 is 0 Å². The minimum absolute atomic E-state index is 0.501. The molecule has 1 rings (SSSR count). The Kier molecular flexibility index (Phi) is 2.72. The maximum Gasteiger partial charge on any atom is 0.0601 e. The molecule has 60 valence electrons. The van der Waals surface area contributed by atoms with Crippen LogP contribution in [0.25, 0.3) is 0 Å². The molecule has 1 nitrogen and oxygen atoms in total. The molecule has 0 N–H and O–H groups in total. The van der Waals surface area contributed by atoms with Crippen LogP contribution in [0.2, 0.25) is 0 Å². The number of ether oxygens (including phenoxy) is 1. The Morgan fingerprint density at radius 1 is 1.30 bits per heavy atom. The summed E-state index contributed by atoms with van der Waals surface area (Å²) in [5.41, 5.74) is 0. The van der Waals surface area contributed by atoms with Crippen molar-refractivity contribution >= 4 is 0 Å². The van der Waals surface area contributed by atoms with Crippen molar-refractivity contribution in [2.45, 2.75) is 52.2 Å². The summed E-state index contributed by atoms with van der Waals surface area (Å²) in [6.45, 7) is 6.65. The molecule has 1 heteroatoms. The normalized spacial score (nSPS) is 34.8. The largest absolute Gasteiger partial charge is 0.375 e. The van der Waals surface area contributed by atoms with E-state index in [-0.39, 0.29) is 0 Å². The predicted molar refractivity (Wildman–Crippen MR) is 43.0 cm³/mol. The van der Waals surface area contributed by atoms with Crippen molar-refractivity contribution in [2.75, 3.05) is 0 Å². The van der Waals surface area contributed by atoms with Crippen LogP contribution in [0.4, 0.5) is 0 Å². The molecule has 0 aromatic heterocycles. The molecule has 1 aliphatic rings. The molecule has 10 heavy (non-hydrogen) atoms. The van der Waals surface area contributed by atoms with E-state index in [0.717, 1.165) is 0 Å². The molecule has 1 fully saturated rings. The van der Waals surface area contributed by atoms with Gasteiger partial charge in [0, 0.05) is 0 Å². The molecule has 0 spiro atoms. The quantitative estimate of drug-likeness (QED) is 0.547. The predicted octanol–water partition coefficient (Wildman–Crippen LogP) is 2.60. The van der Waals surface area contributed by atoms with E-state index in [9.17, 15) is 0 Å². The summed E-state index contributed by atoms with van der Waals surface area (Å²) in [5.74, 6) is 0.697. The van der Waals surface area contributed by atoms with E-state index in [4.69, 9.17) is 4.74 Å². The van der Waals surface area contributed by atoms with Crippen LogP contribution in [-0.4, -0.2) is 12.2 Å². The van der Waals surface area contributed by atoms with Crippen LogP contribution in [0.1, 0.15) is 40.0 Å². The van der Waals surface area contributed by atoms with Gasteiger partial charge in [-0.15, -0.1) is 0 Å². The van der Waals surface area contributed by atoms with E-state index < -0.39 is 0 Å². The monoisotopic (exact) mass is 142 g/mol. The fourth-order valence-electron chi connectivity index (χ4n) is 1.53. The molecule has 1 saturated heterocycles. The van der Waals surface area contributed by atoms with Gasteiger partial charge >= 0.3 is 0 Å². The second-order valence-electron chi connectivity index (χ2n) is 3.66. The summed E-state index contributed by atoms with van der Waals surface area (Å²) in [4.78, 5) is 0. The molecule has 0 aliphatic carbocycles. The highest BCUT2D eigenvalue weighted by Crippen LogP contribution is 2.23. The van der Waals surface area contributed by atoms with Crippen LogP contribution in [0.15, 0.2) is 0 Å². The zero-order valence-corrected chi connectivity index (χ0v) is 7.26.